The van der Waals surface area contributed by atoms with Gasteiger partial charge in [0.25, 0.3) is 0 Å². The topological polar surface area (TPSA) is 32.6 Å². The number of nitrogens with zero attached hydrogens (tertiary/aromatic N) is 1. The van der Waals surface area contributed by atoms with E-state index in [4.69, 9.17) is 0 Å². The molecule has 2 heteroatoms. The average Bonchev–Trinajstić information content (AvgIpc) is 2.33. The third-order valence-electron chi connectivity index (χ3n) is 4.16. The number of oxime groups is 1. The smallest absolute Gasteiger partial charge is 0.0632 e. The zero-order chi connectivity index (χ0) is 10.5. The molecule has 0 amide bonds. The highest BCUT2D eigenvalue weighted by atomic mass is 16.4. The van der Waals surface area contributed by atoms with Gasteiger partial charge < -0.3 is 5.21 Å². The van der Waals surface area contributed by atoms with Crippen molar-refractivity contribution in [2.45, 2.75) is 64.2 Å². The average molecular weight is 209 g/mol. The second-order valence-corrected chi connectivity index (χ2v) is 5.19. The van der Waals surface area contributed by atoms with Crippen LogP contribution in [0.4, 0.5) is 0 Å². The minimum atomic E-state index is 0.604. The van der Waals surface area contributed by atoms with Crippen molar-refractivity contribution in [1.29, 1.82) is 0 Å². The highest BCUT2D eigenvalue weighted by molar-refractivity contribution is 5.88. The Kier molecular flexibility index (Phi) is 4.04. The quantitative estimate of drug-likeness (QED) is 0.416. The Hall–Kier alpha value is -0.530. The molecule has 0 saturated heterocycles. The van der Waals surface area contributed by atoms with Crippen molar-refractivity contribution in [3.05, 3.63) is 0 Å². The Morgan fingerprint density at radius 3 is 1.47 bits per heavy atom. The lowest BCUT2D eigenvalue weighted by Crippen LogP contribution is -2.27. The molecule has 2 aliphatic carbocycles. The normalized spacial score (nSPS) is 25.1. The van der Waals surface area contributed by atoms with Gasteiger partial charge in [-0.2, -0.15) is 0 Å². The molecule has 2 saturated carbocycles. The molecule has 2 aliphatic rings. The minimum absolute atomic E-state index is 0.604. The van der Waals surface area contributed by atoms with E-state index in [1.807, 2.05) is 0 Å². The van der Waals surface area contributed by atoms with Gasteiger partial charge >= 0.3 is 0 Å². The van der Waals surface area contributed by atoms with Gasteiger partial charge in [-0.05, 0) is 25.7 Å². The van der Waals surface area contributed by atoms with Gasteiger partial charge in [0, 0.05) is 11.8 Å². The third kappa shape index (κ3) is 2.73. The maximum absolute atomic E-state index is 9.22. The number of hydrogen-bond donors (Lipinski definition) is 1. The monoisotopic (exact) mass is 209 g/mol. The molecule has 0 atom stereocenters. The van der Waals surface area contributed by atoms with Crippen LogP contribution in [-0.4, -0.2) is 10.9 Å². The van der Waals surface area contributed by atoms with E-state index in [0.29, 0.717) is 11.8 Å². The lowest BCUT2D eigenvalue weighted by atomic mass is 9.76. The van der Waals surface area contributed by atoms with Crippen molar-refractivity contribution in [1.82, 2.24) is 0 Å². The molecule has 0 unspecified atom stereocenters. The number of rotatable bonds is 2. The summed E-state index contributed by atoms with van der Waals surface area (Å²) in [6, 6.07) is 0. The molecule has 0 heterocycles. The molecular weight excluding hydrogens is 186 g/mol. The van der Waals surface area contributed by atoms with Crippen LogP contribution < -0.4 is 0 Å². The first-order valence-corrected chi connectivity index (χ1v) is 6.63. The molecule has 0 aromatic carbocycles. The summed E-state index contributed by atoms with van der Waals surface area (Å²) in [5.74, 6) is 1.21. The van der Waals surface area contributed by atoms with E-state index in [2.05, 4.69) is 5.16 Å². The van der Waals surface area contributed by atoms with Gasteiger partial charge in [0.05, 0.1) is 5.71 Å². The van der Waals surface area contributed by atoms with E-state index in [0.717, 1.165) is 5.71 Å². The molecule has 0 aromatic heterocycles. The summed E-state index contributed by atoms with van der Waals surface area (Å²) in [6.45, 7) is 0. The Balaban J connectivity index is 1.95. The lowest BCUT2D eigenvalue weighted by molar-refractivity contribution is 0.295. The fourth-order valence-corrected chi connectivity index (χ4v) is 3.29. The predicted molar refractivity (Wildman–Crippen MR) is 62.4 cm³/mol. The van der Waals surface area contributed by atoms with Gasteiger partial charge in [-0.1, -0.05) is 43.7 Å². The van der Waals surface area contributed by atoms with Crippen LogP contribution in [0.1, 0.15) is 64.2 Å². The van der Waals surface area contributed by atoms with Crippen LogP contribution in [0.5, 0.6) is 0 Å². The first kappa shape index (κ1) is 11.0. The standard InChI is InChI=1S/C13H23NO/c15-14-13(11-7-3-1-4-8-11)12-9-5-2-6-10-12/h11-12,15H,1-10H2. The van der Waals surface area contributed by atoms with Crippen LogP contribution in [0.25, 0.3) is 0 Å². The second kappa shape index (κ2) is 5.53. The van der Waals surface area contributed by atoms with Gasteiger partial charge in [-0.3, -0.25) is 0 Å². The summed E-state index contributed by atoms with van der Waals surface area (Å²) in [5, 5.41) is 12.9. The Bertz CT molecular complexity index is 193. The van der Waals surface area contributed by atoms with E-state index in [1.54, 1.807) is 0 Å². The predicted octanol–water partition coefficient (Wildman–Crippen LogP) is 3.98. The van der Waals surface area contributed by atoms with Gasteiger partial charge in [0.15, 0.2) is 0 Å². The van der Waals surface area contributed by atoms with Crippen molar-refractivity contribution in [2.75, 3.05) is 0 Å². The van der Waals surface area contributed by atoms with Crippen LogP contribution in [0.3, 0.4) is 0 Å². The van der Waals surface area contributed by atoms with Gasteiger partial charge in [-0.15, -0.1) is 0 Å². The van der Waals surface area contributed by atoms with Crippen LogP contribution >= 0.6 is 0 Å². The maximum Gasteiger partial charge on any atom is 0.0632 e. The SMILES string of the molecule is ON=C(C1CCCCC1)C1CCCCC1. The van der Waals surface area contributed by atoms with Crippen LogP contribution in [-0.2, 0) is 0 Å². The van der Waals surface area contributed by atoms with E-state index in [-0.39, 0.29) is 0 Å². The molecule has 1 N–H and O–H groups in total. The molecule has 0 aliphatic heterocycles. The summed E-state index contributed by atoms with van der Waals surface area (Å²) in [7, 11) is 0. The largest absolute Gasteiger partial charge is 0.411 e. The second-order valence-electron chi connectivity index (χ2n) is 5.19. The summed E-state index contributed by atoms with van der Waals surface area (Å²) in [4.78, 5) is 0. The molecular formula is C13H23NO. The van der Waals surface area contributed by atoms with Crippen molar-refractivity contribution < 1.29 is 5.21 Å². The molecule has 2 nitrogen and oxygen atoms in total. The number of hydrogen-bond acceptors (Lipinski definition) is 2. The highest BCUT2D eigenvalue weighted by Gasteiger charge is 2.27. The molecule has 0 bridgehead atoms. The molecule has 86 valence electrons. The van der Waals surface area contributed by atoms with Gasteiger partial charge in [0.2, 0.25) is 0 Å². The molecule has 0 radical (unpaired) electrons. The molecule has 0 spiro atoms. The fraction of sp³-hybridized carbons (Fsp3) is 0.923. The van der Waals surface area contributed by atoms with Crippen molar-refractivity contribution in [3.8, 4) is 0 Å². The summed E-state index contributed by atoms with van der Waals surface area (Å²) in [6.07, 6.45) is 13.1. The molecule has 0 aromatic rings. The Morgan fingerprint density at radius 2 is 1.13 bits per heavy atom. The van der Waals surface area contributed by atoms with Crippen LogP contribution in [0.2, 0.25) is 0 Å². The first-order valence-electron chi connectivity index (χ1n) is 6.63. The van der Waals surface area contributed by atoms with E-state index in [9.17, 15) is 5.21 Å². The van der Waals surface area contributed by atoms with E-state index < -0.39 is 0 Å². The Morgan fingerprint density at radius 1 is 0.733 bits per heavy atom. The molecule has 2 fully saturated rings. The summed E-state index contributed by atoms with van der Waals surface area (Å²) in [5.41, 5.74) is 1.15. The van der Waals surface area contributed by atoms with Crippen molar-refractivity contribution in [3.63, 3.8) is 0 Å². The fourth-order valence-electron chi connectivity index (χ4n) is 3.29. The highest BCUT2D eigenvalue weighted by Crippen LogP contribution is 2.33. The summed E-state index contributed by atoms with van der Waals surface area (Å²) >= 11 is 0. The van der Waals surface area contributed by atoms with Crippen LogP contribution in [0.15, 0.2) is 5.16 Å². The van der Waals surface area contributed by atoms with E-state index in [1.165, 1.54) is 64.2 Å². The van der Waals surface area contributed by atoms with E-state index >= 15 is 0 Å². The lowest BCUT2D eigenvalue weighted by Gasteiger charge is -2.29. The summed E-state index contributed by atoms with van der Waals surface area (Å²) < 4.78 is 0. The zero-order valence-electron chi connectivity index (χ0n) is 9.62. The zero-order valence-corrected chi connectivity index (χ0v) is 9.62. The van der Waals surface area contributed by atoms with Gasteiger partial charge in [0.1, 0.15) is 0 Å². The van der Waals surface area contributed by atoms with Crippen LogP contribution in [0, 0.1) is 11.8 Å². The maximum atomic E-state index is 9.22. The minimum Gasteiger partial charge on any atom is -0.411 e. The Labute approximate surface area is 92.8 Å². The van der Waals surface area contributed by atoms with Gasteiger partial charge in [-0.25, -0.2) is 0 Å². The molecule has 15 heavy (non-hydrogen) atoms. The molecule has 2 rings (SSSR count). The third-order valence-corrected chi connectivity index (χ3v) is 4.16. The first-order chi connectivity index (χ1) is 7.42. The van der Waals surface area contributed by atoms with Crippen molar-refractivity contribution in [2.24, 2.45) is 17.0 Å². The van der Waals surface area contributed by atoms with Crippen molar-refractivity contribution >= 4 is 5.71 Å².